The van der Waals surface area contributed by atoms with Gasteiger partial charge in [0.05, 0.1) is 0 Å². The van der Waals surface area contributed by atoms with Crippen LogP contribution in [0.15, 0.2) is 18.2 Å². The molecule has 2 nitrogen and oxygen atoms in total. The lowest BCUT2D eigenvalue weighted by molar-refractivity contribution is 0.231. The molecule has 0 amide bonds. The molecule has 17 heavy (non-hydrogen) atoms. The summed E-state index contributed by atoms with van der Waals surface area (Å²) in [4.78, 5) is 2.43. The summed E-state index contributed by atoms with van der Waals surface area (Å²) in [5, 5.41) is 0. The van der Waals surface area contributed by atoms with E-state index < -0.39 is 0 Å². The van der Waals surface area contributed by atoms with Crippen molar-refractivity contribution in [3.63, 3.8) is 0 Å². The van der Waals surface area contributed by atoms with E-state index in [9.17, 15) is 4.39 Å². The van der Waals surface area contributed by atoms with E-state index in [4.69, 9.17) is 5.73 Å². The molecule has 0 spiro atoms. The zero-order valence-electron chi connectivity index (χ0n) is 10.3. The first-order chi connectivity index (χ1) is 8.29. The van der Waals surface area contributed by atoms with Gasteiger partial charge in [0.25, 0.3) is 0 Å². The highest BCUT2D eigenvalue weighted by Crippen LogP contribution is 2.14. The van der Waals surface area contributed by atoms with Gasteiger partial charge in [-0.2, -0.15) is 0 Å². The van der Waals surface area contributed by atoms with Gasteiger partial charge in [-0.1, -0.05) is 18.6 Å². The lowest BCUT2D eigenvalue weighted by atomic mass is 10.1. The summed E-state index contributed by atoms with van der Waals surface area (Å²) in [6.45, 7) is 3.78. The quantitative estimate of drug-likeness (QED) is 0.869. The molecule has 0 bridgehead atoms. The van der Waals surface area contributed by atoms with Crippen LogP contribution in [0.25, 0.3) is 0 Å². The summed E-state index contributed by atoms with van der Waals surface area (Å²) in [7, 11) is 0. The molecule has 0 saturated carbocycles. The highest BCUT2D eigenvalue weighted by molar-refractivity contribution is 5.25. The van der Waals surface area contributed by atoms with Crippen molar-refractivity contribution in [1.29, 1.82) is 0 Å². The van der Waals surface area contributed by atoms with Crippen LogP contribution in [0.4, 0.5) is 4.39 Å². The highest BCUT2D eigenvalue weighted by Gasteiger charge is 2.11. The largest absolute Gasteiger partial charge is 0.326 e. The van der Waals surface area contributed by atoms with Crippen LogP contribution in [0.3, 0.4) is 0 Å². The number of likely N-dealkylation sites (tertiary alicyclic amines) is 1. The molecule has 94 valence electrons. The van der Waals surface area contributed by atoms with Gasteiger partial charge in [0.15, 0.2) is 0 Å². The molecule has 1 aliphatic rings. The zero-order valence-corrected chi connectivity index (χ0v) is 10.3. The predicted molar refractivity (Wildman–Crippen MR) is 68.3 cm³/mol. The van der Waals surface area contributed by atoms with Crippen molar-refractivity contribution in [3.8, 4) is 0 Å². The van der Waals surface area contributed by atoms with Crippen molar-refractivity contribution in [2.45, 2.75) is 32.2 Å². The zero-order chi connectivity index (χ0) is 12.1. The molecule has 2 N–H and O–H groups in total. The Bertz CT molecular complexity index is 359. The minimum absolute atomic E-state index is 0.0980. The Morgan fingerprint density at radius 2 is 1.94 bits per heavy atom. The summed E-state index contributed by atoms with van der Waals surface area (Å²) in [5.41, 5.74) is 7.39. The lowest BCUT2D eigenvalue weighted by Crippen LogP contribution is -2.31. The number of hydrogen-bond donors (Lipinski definition) is 1. The maximum absolute atomic E-state index is 13.6. The van der Waals surface area contributed by atoms with Gasteiger partial charge in [-0.25, -0.2) is 4.39 Å². The van der Waals surface area contributed by atoms with Gasteiger partial charge < -0.3 is 10.6 Å². The molecule has 1 aromatic rings. The molecule has 1 fully saturated rings. The number of nitrogens with zero attached hydrogens (tertiary/aromatic N) is 1. The first-order valence-electron chi connectivity index (χ1n) is 6.49. The number of benzene rings is 1. The molecular weight excluding hydrogens is 215 g/mol. The number of rotatable bonds is 4. The Hall–Kier alpha value is -0.930. The molecule has 0 aromatic heterocycles. The van der Waals surface area contributed by atoms with E-state index in [-0.39, 0.29) is 5.82 Å². The van der Waals surface area contributed by atoms with Gasteiger partial charge in [0.2, 0.25) is 0 Å². The minimum Gasteiger partial charge on any atom is -0.326 e. The highest BCUT2D eigenvalue weighted by atomic mass is 19.1. The molecule has 1 aliphatic heterocycles. The van der Waals surface area contributed by atoms with Crippen LogP contribution in [0.2, 0.25) is 0 Å². The van der Waals surface area contributed by atoms with Crippen molar-refractivity contribution in [2.24, 2.45) is 5.73 Å². The molecule has 1 saturated heterocycles. The fraction of sp³-hybridized carbons (Fsp3) is 0.571. The third-order valence-electron chi connectivity index (χ3n) is 3.49. The van der Waals surface area contributed by atoms with Gasteiger partial charge in [0, 0.05) is 13.1 Å². The Balaban J connectivity index is 1.92. The average Bonchev–Trinajstić information content (AvgIpc) is 2.39. The molecule has 1 aromatic carbocycles. The Morgan fingerprint density at radius 1 is 1.18 bits per heavy atom. The maximum Gasteiger partial charge on any atom is 0.126 e. The van der Waals surface area contributed by atoms with Crippen molar-refractivity contribution in [1.82, 2.24) is 4.90 Å². The van der Waals surface area contributed by atoms with Crippen LogP contribution >= 0.6 is 0 Å². The average molecular weight is 236 g/mol. The topological polar surface area (TPSA) is 29.3 Å². The first-order valence-corrected chi connectivity index (χ1v) is 6.49. The van der Waals surface area contributed by atoms with Gasteiger partial charge in [-0.3, -0.25) is 0 Å². The summed E-state index contributed by atoms with van der Waals surface area (Å²) >= 11 is 0. The molecule has 2 rings (SSSR count). The van der Waals surface area contributed by atoms with Crippen LogP contribution in [0.5, 0.6) is 0 Å². The number of piperidine rings is 1. The van der Waals surface area contributed by atoms with E-state index >= 15 is 0 Å². The van der Waals surface area contributed by atoms with E-state index in [0.29, 0.717) is 6.54 Å². The monoisotopic (exact) mass is 236 g/mol. The van der Waals surface area contributed by atoms with E-state index in [0.717, 1.165) is 37.2 Å². The third kappa shape index (κ3) is 3.51. The van der Waals surface area contributed by atoms with E-state index in [2.05, 4.69) is 4.90 Å². The number of halogens is 1. The van der Waals surface area contributed by atoms with Crippen LogP contribution in [0.1, 0.15) is 30.4 Å². The summed E-state index contributed by atoms with van der Waals surface area (Å²) in [5.74, 6) is -0.0980. The number of hydrogen-bond acceptors (Lipinski definition) is 2. The molecule has 1 heterocycles. The van der Waals surface area contributed by atoms with Gasteiger partial charge in [-0.05, 0) is 49.5 Å². The standard InChI is InChI=1S/C14H21FN2/c15-14-5-4-12(11-16)10-13(14)6-9-17-7-2-1-3-8-17/h4-5,10H,1-3,6-9,11,16H2. The van der Waals surface area contributed by atoms with Gasteiger partial charge in [0.1, 0.15) is 5.82 Å². The van der Waals surface area contributed by atoms with Gasteiger partial charge in [-0.15, -0.1) is 0 Å². The van der Waals surface area contributed by atoms with E-state index in [1.807, 2.05) is 6.07 Å². The normalized spacial score (nSPS) is 17.3. The van der Waals surface area contributed by atoms with Crippen LogP contribution in [-0.4, -0.2) is 24.5 Å². The molecular formula is C14H21FN2. The Kier molecular flexibility index (Phi) is 4.51. The molecule has 3 heteroatoms. The minimum atomic E-state index is -0.0980. The SMILES string of the molecule is NCc1ccc(F)c(CCN2CCCCC2)c1. The van der Waals surface area contributed by atoms with Crippen molar-refractivity contribution >= 4 is 0 Å². The first kappa shape index (κ1) is 12.5. The summed E-state index contributed by atoms with van der Waals surface area (Å²) < 4.78 is 13.6. The molecule has 0 atom stereocenters. The fourth-order valence-corrected chi connectivity index (χ4v) is 2.41. The molecule has 0 radical (unpaired) electrons. The van der Waals surface area contributed by atoms with Crippen molar-refractivity contribution in [2.75, 3.05) is 19.6 Å². The number of nitrogens with two attached hydrogens (primary N) is 1. The second-order valence-electron chi connectivity index (χ2n) is 4.78. The predicted octanol–water partition coefficient (Wildman–Crippen LogP) is 2.31. The fourth-order valence-electron chi connectivity index (χ4n) is 2.41. The smallest absolute Gasteiger partial charge is 0.126 e. The van der Waals surface area contributed by atoms with Crippen molar-refractivity contribution < 1.29 is 4.39 Å². The lowest BCUT2D eigenvalue weighted by Gasteiger charge is -2.26. The van der Waals surface area contributed by atoms with Crippen LogP contribution in [0, 0.1) is 5.82 Å². The van der Waals surface area contributed by atoms with Crippen molar-refractivity contribution in [3.05, 3.63) is 35.1 Å². The van der Waals surface area contributed by atoms with Crippen LogP contribution in [-0.2, 0) is 13.0 Å². The summed E-state index contributed by atoms with van der Waals surface area (Å²) in [6, 6.07) is 5.20. The second kappa shape index (κ2) is 6.12. The third-order valence-corrected chi connectivity index (χ3v) is 3.49. The molecule has 0 unspecified atom stereocenters. The van der Waals surface area contributed by atoms with Crippen LogP contribution < -0.4 is 5.73 Å². The second-order valence-corrected chi connectivity index (χ2v) is 4.78. The van der Waals surface area contributed by atoms with E-state index in [1.54, 1.807) is 6.07 Å². The van der Waals surface area contributed by atoms with E-state index in [1.165, 1.54) is 25.3 Å². The Morgan fingerprint density at radius 3 is 2.65 bits per heavy atom. The summed E-state index contributed by atoms with van der Waals surface area (Å²) in [6.07, 6.45) is 4.70. The van der Waals surface area contributed by atoms with Gasteiger partial charge >= 0.3 is 0 Å². The molecule has 0 aliphatic carbocycles. The Labute approximate surface area is 103 Å². The maximum atomic E-state index is 13.6.